The van der Waals surface area contributed by atoms with Crippen LogP contribution in [0, 0.1) is 17.6 Å². The van der Waals surface area contributed by atoms with E-state index >= 15 is 0 Å². The number of hydrogen-bond donors (Lipinski definition) is 2. The van der Waals surface area contributed by atoms with E-state index in [-0.39, 0.29) is 6.54 Å². The van der Waals surface area contributed by atoms with Gasteiger partial charge in [-0.2, -0.15) is 4.98 Å². The number of hydrogen-bond acceptors (Lipinski definition) is 5. The molecule has 36 heavy (non-hydrogen) atoms. The molecule has 0 aliphatic carbocycles. The quantitative estimate of drug-likeness (QED) is 0.357. The van der Waals surface area contributed by atoms with E-state index in [1.807, 2.05) is 12.1 Å². The van der Waals surface area contributed by atoms with Gasteiger partial charge < -0.3 is 19.8 Å². The van der Waals surface area contributed by atoms with Crippen LogP contribution in [0.4, 0.5) is 14.7 Å². The van der Waals surface area contributed by atoms with Gasteiger partial charge in [0.2, 0.25) is 5.95 Å². The summed E-state index contributed by atoms with van der Waals surface area (Å²) in [7, 11) is 2.06. The second-order valence-corrected chi connectivity index (χ2v) is 9.41. The summed E-state index contributed by atoms with van der Waals surface area (Å²) in [6.45, 7) is 3.08. The van der Waals surface area contributed by atoms with Crippen molar-refractivity contribution in [2.75, 3.05) is 18.4 Å². The van der Waals surface area contributed by atoms with E-state index in [1.54, 1.807) is 12.3 Å². The zero-order valence-corrected chi connectivity index (χ0v) is 20.0. The van der Waals surface area contributed by atoms with Crippen LogP contribution in [0.5, 0.6) is 0 Å². The van der Waals surface area contributed by atoms with Crippen molar-refractivity contribution >= 4 is 28.0 Å². The Kier molecular flexibility index (Phi) is 5.85. The first-order chi connectivity index (χ1) is 17.6. The first-order valence-electron chi connectivity index (χ1n) is 12.2. The lowest BCUT2D eigenvalue weighted by Gasteiger charge is -2.24. The van der Waals surface area contributed by atoms with Gasteiger partial charge in [0, 0.05) is 31.0 Å². The zero-order valence-electron chi connectivity index (χ0n) is 20.0. The molecule has 1 aliphatic heterocycles. The SMILES string of the molecule is Cn1c(-c2nc3cnc(NCc4ccc(F)c(F)c4)nc3n2C[C@@H]2CCCNC2)cc2ccccc21. The van der Waals surface area contributed by atoms with E-state index in [0.717, 1.165) is 72.1 Å². The molecule has 0 unspecified atom stereocenters. The van der Waals surface area contributed by atoms with Crippen molar-refractivity contribution in [3.8, 4) is 11.5 Å². The maximum Gasteiger partial charge on any atom is 0.225 e. The number of fused-ring (bicyclic) bond motifs is 2. The molecular formula is C27H27F2N7. The number of nitrogens with one attached hydrogen (secondary N) is 2. The third-order valence-corrected chi connectivity index (χ3v) is 6.94. The Labute approximate surface area is 207 Å². The summed E-state index contributed by atoms with van der Waals surface area (Å²) in [5.41, 5.74) is 4.25. The van der Waals surface area contributed by atoms with Gasteiger partial charge in [0.15, 0.2) is 23.1 Å². The summed E-state index contributed by atoms with van der Waals surface area (Å²) in [4.78, 5) is 14.2. The van der Waals surface area contributed by atoms with Gasteiger partial charge in [0.1, 0.15) is 5.52 Å². The third-order valence-electron chi connectivity index (χ3n) is 6.94. The fourth-order valence-corrected chi connectivity index (χ4v) is 5.04. The van der Waals surface area contributed by atoms with Crippen molar-refractivity contribution in [3.63, 3.8) is 0 Å². The molecule has 3 aromatic heterocycles. The van der Waals surface area contributed by atoms with Crippen LogP contribution in [-0.2, 0) is 20.1 Å². The molecule has 0 spiro atoms. The smallest absolute Gasteiger partial charge is 0.225 e. The molecule has 0 saturated carbocycles. The first-order valence-corrected chi connectivity index (χ1v) is 12.2. The first kappa shape index (κ1) is 22.6. The molecule has 0 radical (unpaired) electrons. The monoisotopic (exact) mass is 487 g/mol. The van der Waals surface area contributed by atoms with E-state index in [0.29, 0.717) is 17.4 Å². The Morgan fingerprint density at radius 3 is 2.78 bits per heavy atom. The molecule has 0 amide bonds. The number of nitrogens with zero attached hydrogens (tertiary/aromatic N) is 5. The van der Waals surface area contributed by atoms with Gasteiger partial charge in [-0.1, -0.05) is 24.3 Å². The molecule has 0 bridgehead atoms. The van der Waals surface area contributed by atoms with Crippen molar-refractivity contribution < 1.29 is 8.78 Å². The molecule has 2 N–H and O–H groups in total. The van der Waals surface area contributed by atoms with Crippen LogP contribution in [0.2, 0.25) is 0 Å². The van der Waals surface area contributed by atoms with Crippen LogP contribution in [-0.4, -0.2) is 37.2 Å². The molecule has 9 heteroatoms. The fourth-order valence-electron chi connectivity index (χ4n) is 5.04. The largest absolute Gasteiger partial charge is 0.350 e. The van der Waals surface area contributed by atoms with E-state index in [1.165, 1.54) is 6.07 Å². The number of rotatable bonds is 6. The lowest BCUT2D eigenvalue weighted by molar-refractivity contribution is 0.341. The molecule has 7 nitrogen and oxygen atoms in total. The van der Waals surface area contributed by atoms with Crippen LogP contribution in [0.15, 0.2) is 54.7 Å². The van der Waals surface area contributed by atoms with E-state index in [9.17, 15) is 8.78 Å². The fraction of sp³-hybridized carbons (Fsp3) is 0.296. The molecule has 4 heterocycles. The van der Waals surface area contributed by atoms with E-state index < -0.39 is 11.6 Å². The highest BCUT2D eigenvalue weighted by Crippen LogP contribution is 2.30. The molecule has 5 aromatic rings. The highest BCUT2D eigenvalue weighted by Gasteiger charge is 2.22. The number of halogens is 2. The summed E-state index contributed by atoms with van der Waals surface area (Å²) >= 11 is 0. The molecule has 6 rings (SSSR count). The minimum atomic E-state index is -0.871. The normalized spacial score (nSPS) is 16.1. The maximum atomic E-state index is 13.6. The predicted octanol–water partition coefficient (Wildman–Crippen LogP) is 4.87. The van der Waals surface area contributed by atoms with Crippen molar-refractivity contribution in [1.82, 2.24) is 29.4 Å². The maximum absolute atomic E-state index is 13.6. The Bertz CT molecular complexity index is 1550. The molecule has 184 valence electrons. The summed E-state index contributed by atoms with van der Waals surface area (Å²) in [5.74, 6) is 0.0149. The van der Waals surface area contributed by atoms with Crippen LogP contribution >= 0.6 is 0 Å². The van der Waals surface area contributed by atoms with Crippen LogP contribution in [0.3, 0.4) is 0 Å². The number of anilines is 1. The molecule has 1 aliphatic rings. The average Bonchev–Trinajstić information content (AvgIpc) is 3.42. The second-order valence-electron chi connectivity index (χ2n) is 9.41. The molecule has 1 fully saturated rings. The van der Waals surface area contributed by atoms with Crippen molar-refractivity contribution in [2.45, 2.75) is 25.9 Å². The highest BCUT2D eigenvalue weighted by molar-refractivity contribution is 5.87. The van der Waals surface area contributed by atoms with Crippen molar-refractivity contribution in [3.05, 3.63) is 71.9 Å². The van der Waals surface area contributed by atoms with E-state index in [2.05, 4.69) is 50.0 Å². The number of benzene rings is 2. The summed E-state index contributed by atoms with van der Waals surface area (Å²) in [6.07, 6.45) is 4.02. The van der Waals surface area contributed by atoms with Gasteiger partial charge in [-0.3, -0.25) is 0 Å². The van der Waals surface area contributed by atoms with Crippen molar-refractivity contribution in [1.29, 1.82) is 0 Å². The number of aromatic nitrogens is 5. The minimum absolute atomic E-state index is 0.277. The molecule has 1 atom stereocenters. The molecular weight excluding hydrogens is 460 g/mol. The van der Waals surface area contributed by atoms with Gasteiger partial charge in [-0.25, -0.2) is 18.7 Å². The predicted molar refractivity (Wildman–Crippen MR) is 137 cm³/mol. The van der Waals surface area contributed by atoms with Crippen LogP contribution < -0.4 is 10.6 Å². The number of aryl methyl sites for hydroxylation is 1. The van der Waals surface area contributed by atoms with Gasteiger partial charge in [0.05, 0.1) is 11.9 Å². The van der Waals surface area contributed by atoms with Gasteiger partial charge in [-0.05, 0) is 61.7 Å². The number of para-hydroxylation sites is 1. The Morgan fingerprint density at radius 2 is 1.97 bits per heavy atom. The topological polar surface area (TPSA) is 72.6 Å². The number of piperidine rings is 1. The van der Waals surface area contributed by atoms with Crippen molar-refractivity contribution in [2.24, 2.45) is 13.0 Å². The van der Waals surface area contributed by atoms with Crippen LogP contribution in [0.1, 0.15) is 18.4 Å². The van der Waals surface area contributed by atoms with Gasteiger partial charge in [-0.15, -0.1) is 0 Å². The highest BCUT2D eigenvalue weighted by atomic mass is 19.2. The lowest BCUT2D eigenvalue weighted by atomic mass is 9.99. The summed E-state index contributed by atoms with van der Waals surface area (Å²) < 4.78 is 31.3. The zero-order chi connectivity index (χ0) is 24.6. The van der Waals surface area contributed by atoms with Gasteiger partial charge in [0.25, 0.3) is 0 Å². The minimum Gasteiger partial charge on any atom is -0.350 e. The second kappa shape index (κ2) is 9.31. The molecule has 2 aromatic carbocycles. The Morgan fingerprint density at radius 1 is 1.08 bits per heavy atom. The summed E-state index contributed by atoms with van der Waals surface area (Å²) in [6, 6.07) is 14.3. The Hall–Kier alpha value is -3.85. The lowest BCUT2D eigenvalue weighted by Crippen LogP contribution is -2.32. The number of imidazole rings is 1. The van der Waals surface area contributed by atoms with Gasteiger partial charge >= 0.3 is 0 Å². The third kappa shape index (κ3) is 4.19. The van der Waals surface area contributed by atoms with Crippen LogP contribution in [0.25, 0.3) is 33.6 Å². The average molecular weight is 488 g/mol. The Balaban J connectivity index is 1.39. The summed E-state index contributed by atoms with van der Waals surface area (Å²) in [5, 5.41) is 7.81. The standard InChI is InChI=1S/C27H27F2N7/c1-35-23-7-3-2-6-19(23)12-24(35)26-33-22-15-32-27(31-14-17-8-9-20(28)21(29)11-17)34-25(22)36(26)16-18-5-4-10-30-13-18/h2-3,6-9,11-12,15,18,30H,4-5,10,13-14,16H2,1H3,(H,31,32,34)/t18-/m1/s1. The molecule has 1 saturated heterocycles. The van der Waals surface area contributed by atoms with E-state index in [4.69, 9.17) is 9.97 Å².